The molecule has 3 heterocycles. The number of aromatic nitrogens is 4. The van der Waals surface area contributed by atoms with Gasteiger partial charge in [0.05, 0.1) is 0 Å². The van der Waals surface area contributed by atoms with Gasteiger partial charge < -0.3 is 4.57 Å². The highest BCUT2D eigenvalue weighted by molar-refractivity contribution is 7.99. The largest absolute Gasteiger partial charge is 0.309 e. The molecule has 1 aliphatic rings. The standard InChI is InChI=1S/C17H23N5S/c1-3-10-23-17-20-19-16(21(17)2)15-7-5-9-22(13-15)12-14-6-4-8-18-11-14/h3-4,6,8,11,15H,1,5,7,9-10,12-13H2,2H3. The third kappa shape index (κ3) is 4.00. The van der Waals surface area contributed by atoms with Gasteiger partial charge in [0.1, 0.15) is 5.82 Å². The van der Waals surface area contributed by atoms with Gasteiger partial charge in [-0.3, -0.25) is 9.88 Å². The summed E-state index contributed by atoms with van der Waals surface area (Å²) in [7, 11) is 2.07. The third-order valence-electron chi connectivity index (χ3n) is 4.20. The van der Waals surface area contributed by atoms with Crippen LogP contribution in [0.3, 0.4) is 0 Å². The molecule has 2 aromatic rings. The van der Waals surface area contributed by atoms with Crippen molar-refractivity contribution in [3.63, 3.8) is 0 Å². The van der Waals surface area contributed by atoms with E-state index in [0.717, 1.165) is 36.4 Å². The summed E-state index contributed by atoms with van der Waals surface area (Å²) in [5.41, 5.74) is 1.27. The molecule has 0 aromatic carbocycles. The van der Waals surface area contributed by atoms with Crippen molar-refractivity contribution in [1.29, 1.82) is 0 Å². The van der Waals surface area contributed by atoms with E-state index in [2.05, 4.69) is 44.3 Å². The Kier molecular flexibility index (Phi) is 5.46. The Morgan fingerprint density at radius 1 is 1.43 bits per heavy atom. The average Bonchev–Trinajstić information content (AvgIpc) is 2.95. The minimum atomic E-state index is 0.455. The first-order valence-electron chi connectivity index (χ1n) is 8.02. The van der Waals surface area contributed by atoms with Crippen LogP contribution in [0.25, 0.3) is 0 Å². The van der Waals surface area contributed by atoms with Gasteiger partial charge in [-0.05, 0) is 31.0 Å². The molecule has 1 fully saturated rings. The molecule has 0 saturated carbocycles. The van der Waals surface area contributed by atoms with Crippen molar-refractivity contribution in [3.05, 3.63) is 48.6 Å². The predicted octanol–water partition coefficient (Wildman–Crippen LogP) is 2.87. The lowest BCUT2D eigenvalue weighted by Crippen LogP contribution is -2.34. The van der Waals surface area contributed by atoms with E-state index in [0.29, 0.717) is 5.92 Å². The van der Waals surface area contributed by atoms with Gasteiger partial charge in [0.2, 0.25) is 0 Å². The van der Waals surface area contributed by atoms with E-state index in [1.807, 2.05) is 24.5 Å². The number of hydrogen-bond acceptors (Lipinski definition) is 5. The van der Waals surface area contributed by atoms with Crippen molar-refractivity contribution in [2.75, 3.05) is 18.8 Å². The second-order valence-corrected chi connectivity index (χ2v) is 6.92. The van der Waals surface area contributed by atoms with E-state index in [1.54, 1.807) is 11.8 Å². The first-order valence-corrected chi connectivity index (χ1v) is 9.00. The molecule has 3 rings (SSSR count). The van der Waals surface area contributed by atoms with E-state index in [-0.39, 0.29) is 0 Å². The molecular weight excluding hydrogens is 306 g/mol. The molecule has 1 saturated heterocycles. The maximum Gasteiger partial charge on any atom is 0.191 e. The summed E-state index contributed by atoms with van der Waals surface area (Å²) in [4.78, 5) is 6.71. The number of likely N-dealkylation sites (tertiary alicyclic amines) is 1. The van der Waals surface area contributed by atoms with Crippen LogP contribution < -0.4 is 0 Å². The van der Waals surface area contributed by atoms with Gasteiger partial charge in [-0.15, -0.1) is 16.8 Å². The van der Waals surface area contributed by atoms with Crippen molar-refractivity contribution in [1.82, 2.24) is 24.6 Å². The van der Waals surface area contributed by atoms with Gasteiger partial charge in [-0.25, -0.2) is 0 Å². The molecule has 0 amide bonds. The van der Waals surface area contributed by atoms with Crippen molar-refractivity contribution >= 4 is 11.8 Å². The fourth-order valence-electron chi connectivity index (χ4n) is 3.10. The van der Waals surface area contributed by atoms with Crippen molar-refractivity contribution in [3.8, 4) is 0 Å². The molecule has 2 aromatic heterocycles. The van der Waals surface area contributed by atoms with E-state index in [1.165, 1.54) is 18.4 Å². The number of hydrogen-bond donors (Lipinski definition) is 0. The second kappa shape index (κ2) is 7.75. The highest BCUT2D eigenvalue weighted by Crippen LogP contribution is 2.28. The maximum absolute atomic E-state index is 4.45. The molecule has 5 nitrogen and oxygen atoms in total. The minimum Gasteiger partial charge on any atom is -0.309 e. The van der Waals surface area contributed by atoms with Gasteiger partial charge in [-0.1, -0.05) is 23.9 Å². The minimum absolute atomic E-state index is 0.455. The first kappa shape index (κ1) is 16.2. The smallest absolute Gasteiger partial charge is 0.191 e. The van der Waals surface area contributed by atoms with Crippen LogP contribution in [0.15, 0.2) is 42.3 Å². The Bertz CT molecular complexity index is 640. The Morgan fingerprint density at radius 3 is 3.13 bits per heavy atom. The van der Waals surface area contributed by atoms with E-state index < -0.39 is 0 Å². The Hall–Kier alpha value is -1.66. The maximum atomic E-state index is 4.45. The fraction of sp³-hybridized carbons (Fsp3) is 0.471. The number of thioether (sulfide) groups is 1. The summed E-state index contributed by atoms with van der Waals surface area (Å²) >= 11 is 1.68. The Balaban J connectivity index is 1.66. The summed E-state index contributed by atoms with van der Waals surface area (Å²) in [6.07, 6.45) is 8.06. The molecular formula is C17H23N5S. The van der Waals surface area contributed by atoms with Crippen LogP contribution in [0.2, 0.25) is 0 Å². The van der Waals surface area contributed by atoms with Crippen LogP contribution in [-0.4, -0.2) is 43.5 Å². The second-order valence-electron chi connectivity index (χ2n) is 5.94. The van der Waals surface area contributed by atoms with E-state index in [9.17, 15) is 0 Å². The van der Waals surface area contributed by atoms with Crippen molar-refractivity contribution in [2.45, 2.75) is 30.5 Å². The predicted molar refractivity (Wildman–Crippen MR) is 93.4 cm³/mol. The summed E-state index contributed by atoms with van der Waals surface area (Å²) in [5, 5.41) is 9.77. The number of nitrogens with zero attached hydrogens (tertiary/aromatic N) is 5. The molecule has 1 aliphatic heterocycles. The first-order chi connectivity index (χ1) is 11.3. The van der Waals surface area contributed by atoms with Crippen LogP contribution >= 0.6 is 11.8 Å². The molecule has 0 aliphatic carbocycles. The van der Waals surface area contributed by atoms with Crippen LogP contribution in [0.4, 0.5) is 0 Å². The van der Waals surface area contributed by atoms with Gasteiger partial charge in [0.15, 0.2) is 5.16 Å². The number of rotatable bonds is 6. The van der Waals surface area contributed by atoms with Gasteiger partial charge in [0, 0.05) is 44.2 Å². The normalized spacial score (nSPS) is 18.9. The molecule has 0 radical (unpaired) electrons. The van der Waals surface area contributed by atoms with E-state index in [4.69, 9.17) is 0 Å². The molecule has 1 atom stereocenters. The zero-order chi connectivity index (χ0) is 16.1. The SMILES string of the molecule is C=CCSc1nnc(C2CCCN(Cc3cccnc3)C2)n1C. The zero-order valence-electron chi connectivity index (χ0n) is 13.6. The third-order valence-corrected chi connectivity index (χ3v) is 5.21. The number of piperidine rings is 1. The topological polar surface area (TPSA) is 46.8 Å². The lowest BCUT2D eigenvalue weighted by Gasteiger charge is -2.32. The van der Waals surface area contributed by atoms with Crippen LogP contribution in [0.5, 0.6) is 0 Å². The van der Waals surface area contributed by atoms with Crippen LogP contribution in [-0.2, 0) is 13.6 Å². The van der Waals surface area contributed by atoms with Crippen molar-refractivity contribution in [2.24, 2.45) is 7.05 Å². The molecule has 6 heteroatoms. The highest BCUT2D eigenvalue weighted by atomic mass is 32.2. The fourth-order valence-corrected chi connectivity index (χ4v) is 3.75. The van der Waals surface area contributed by atoms with Gasteiger partial charge in [-0.2, -0.15) is 0 Å². The molecule has 1 unspecified atom stereocenters. The Labute approximate surface area is 141 Å². The highest BCUT2D eigenvalue weighted by Gasteiger charge is 2.26. The average molecular weight is 329 g/mol. The van der Waals surface area contributed by atoms with Crippen LogP contribution in [0, 0.1) is 0 Å². The van der Waals surface area contributed by atoms with Crippen LogP contribution in [0.1, 0.15) is 30.1 Å². The number of pyridine rings is 1. The molecule has 0 N–H and O–H groups in total. The summed E-state index contributed by atoms with van der Waals surface area (Å²) < 4.78 is 2.15. The summed E-state index contributed by atoms with van der Waals surface area (Å²) in [5.74, 6) is 2.42. The van der Waals surface area contributed by atoms with E-state index >= 15 is 0 Å². The molecule has 0 spiro atoms. The molecule has 122 valence electrons. The quantitative estimate of drug-likeness (QED) is 0.602. The lowest BCUT2D eigenvalue weighted by molar-refractivity contribution is 0.194. The van der Waals surface area contributed by atoms with Gasteiger partial charge >= 0.3 is 0 Å². The molecule has 23 heavy (non-hydrogen) atoms. The van der Waals surface area contributed by atoms with Gasteiger partial charge in [0.25, 0.3) is 0 Å². The zero-order valence-corrected chi connectivity index (χ0v) is 14.4. The summed E-state index contributed by atoms with van der Waals surface area (Å²) in [6.45, 7) is 6.90. The summed E-state index contributed by atoms with van der Waals surface area (Å²) in [6, 6.07) is 4.14. The van der Waals surface area contributed by atoms with Crippen molar-refractivity contribution < 1.29 is 0 Å². The molecule has 0 bridgehead atoms. The Morgan fingerprint density at radius 2 is 2.35 bits per heavy atom. The lowest BCUT2D eigenvalue weighted by atomic mass is 9.97. The monoisotopic (exact) mass is 329 g/mol.